The number of aromatic nitrogens is 2. The highest BCUT2D eigenvalue weighted by molar-refractivity contribution is 5.72. The molecule has 1 aliphatic rings. The van der Waals surface area contributed by atoms with Crippen molar-refractivity contribution in [1.82, 2.24) is 10.1 Å². The zero-order chi connectivity index (χ0) is 15.0. The Bertz CT molecular complexity index is 668. The first kappa shape index (κ1) is 13.6. The third-order valence-corrected chi connectivity index (χ3v) is 3.13. The third-order valence-electron chi connectivity index (χ3n) is 3.13. The van der Waals surface area contributed by atoms with Crippen molar-refractivity contribution >= 4 is 5.97 Å². The van der Waals surface area contributed by atoms with E-state index in [0.29, 0.717) is 12.8 Å². The first-order valence-electron chi connectivity index (χ1n) is 6.21. The Hall–Kier alpha value is -2.35. The van der Waals surface area contributed by atoms with Crippen LogP contribution in [0.1, 0.15) is 24.8 Å². The second-order valence-corrected chi connectivity index (χ2v) is 4.64. The smallest absolute Gasteiger partial charge is 0.332 e. The summed E-state index contributed by atoms with van der Waals surface area (Å²) in [5.41, 5.74) is 0.135. The Labute approximate surface area is 117 Å². The molecular formula is C13H10F2N2O4. The molecule has 0 saturated carbocycles. The van der Waals surface area contributed by atoms with Gasteiger partial charge in [-0.05, 0) is 25.0 Å². The predicted octanol–water partition coefficient (Wildman–Crippen LogP) is 2.32. The number of halogens is 2. The number of carbonyl (C=O) groups is 1. The molecule has 0 amide bonds. The number of aliphatic carboxylic acids is 1. The molecule has 6 nitrogen and oxygen atoms in total. The van der Waals surface area contributed by atoms with E-state index in [0.717, 1.165) is 18.2 Å². The van der Waals surface area contributed by atoms with Gasteiger partial charge in [0.1, 0.15) is 17.7 Å². The third kappa shape index (κ3) is 2.75. The fourth-order valence-corrected chi connectivity index (χ4v) is 2.17. The van der Waals surface area contributed by atoms with Crippen LogP contribution in [-0.4, -0.2) is 27.3 Å². The summed E-state index contributed by atoms with van der Waals surface area (Å²) in [5, 5.41) is 12.5. The molecule has 1 N–H and O–H groups in total. The Kier molecular flexibility index (Phi) is 3.38. The minimum atomic E-state index is -1.05. The maximum absolute atomic E-state index is 13.1. The maximum Gasteiger partial charge on any atom is 0.332 e. The SMILES string of the molecule is O=C(O)C1CCC(c2nc(-c3cc(F)cc(F)c3)no2)O1. The van der Waals surface area contributed by atoms with Gasteiger partial charge in [0.15, 0.2) is 6.10 Å². The van der Waals surface area contributed by atoms with Gasteiger partial charge in [-0.25, -0.2) is 13.6 Å². The minimum Gasteiger partial charge on any atom is -0.479 e. The molecule has 0 bridgehead atoms. The standard InChI is InChI=1S/C13H10F2N2O4/c14-7-3-6(4-8(15)5-7)11-16-12(21-17-11)9-1-2-10(20-9)13(18)19/h3-5,9-10H,1-2H2,(H,18,19). The lowest BCUT2D eigenvalue weighted by molar-refractivity contribution is -0.150. The Balaban J connectivity index is 1.82. The fraction of sp³-hybridized carbons (Fsp3) is 0.308. The van der Waals surface area contributed by atoms with Crippen molar-refractivity contribution in [2.24, 2.45) is 0 Å². The lowest BCUT2D eigenvalue weighted by Gasteiger charge is -2.05. The zero-order valence-corrected chi connectivity index (χ0v) is 10.6. The van der Waals surface area contributed by atoms with Gasteiger partial charge in [-0.3, -0.25) is 0 Å². The molecule has 2 atom stereocenters. The van der Waals surface area contributed by atoms with Crippen LogP contribution in [0, 0.1) is 11.6 Å². The van der Waals surface area contributed by atoms with Crippen molar-refractivity contribution in [2.75, 3.05) is 0 Å². The number of benzene rings is 1. The van der Waals surface area contributed by atoms with E-state index in [1.165, 1.54) is 0 Å². The molecule has 2 unspecified atom stereocenters. The number of carboxylic acid groups (broad SMARTS) is 1. The van der Waals surface area contributed by atoms with Crippen molar-refractivity contribution in [2.45, 2.75) is 25.0 Å². The van der Waals surface area contributed by atoms with Crippen molar-refractivity contribution in [3.8, 4) is 11.4 Å². The summed E-state index contributed by atoms with van der Waals surface area (Å²) in [6.07, 6.45) is -0.759. The zero-order valence-electron chi connectivity index (χ0n) is 10.6. The quantitative estimate of drug-likeness (QED) is 0.935. The molecule has 0 radical (unpaired) electrons. The van der Waals surface area contributed by atoms with E-state index in [2.05, 4.69) is 10.1 Å². The average molecular weight is 296 g/mol. The van der Waals surface area contributed by atoms with Gasteiger partial charge < -0.3 is 14.4 Å². The Morgan fingerprint density at radius 1 is 1.24 bits per heavy atom. The largest absolute Gasteiger partial charge is 0.479 e. The number of nitrogens with zero attached hydrogens (tertiary/aromatic N) is 2. The van der Waals surface area contributed by atoms with Gasteiger partial charge in [0.25, 0.3) is 5.89 Å². The number of ether oxygens (including phenoxy) is 1. The lowest BCUT2D eigenvalue weighted by Crippen LogP contribution is -2.18. The molecule has 0 spiro atoms. The fourth-order valence-electron chi connectivity index (χ4n) is 2.17. The molecule has 2 aromatic rings. The number of hydrogen-bond donors (Lipinski definition) is 1. The lowest BCUT2D eigenvalue weighted by atomic mass is 10.2. The van der Waals surface area contributed by atoms with Crippen LogP contribution in [0.15, 0.2) is 22.7 Å². The van der Waals surface area contributed by atoms with Crippen LogP contribution in [0.4, 0.5) is 8.78 Å². The molecule has 2 heterocycles. The predicted molar refractivity (Wildman–Crippen MR) is 64.1 cm³/mol. The summed E-state index contributed by atoms with van der Waals surface area (Å²) in [7, 11) is 0. The second kappa shape index (κ2) is 5.21. The van der Waals surface area contributed by atoms with Gasteiger partial charge in [0.2, 0.25) is 5.82 Å². The van der Waals surface area contributed by atoms with Crippen molar-refractivity contribution in [3.63, 3.8) is 0 Å². The van der Waals surface area contributed by atoms with E-state index >= 15 is 0 Å². The van der Waals surface area contributed by atoms with Gasteiger partial charge in [-0.15, -0.1) is 0 Å². The molecule has 1 saturated heterocycles. The van der Waals surface area contributed by atoms with Crippen LogP contribution >= 0.6 is 0 Å². The highest BCUT2D eigenvalue weighted by Gasteiger charge is 2.34. The van der Waals surface area contributed by atoms with Gasteiger partial charge in [0, 0.05) is 11.6 Å². The summed E-state index contributed by atoms with van der Waals surface area (Å²) in [4.78, 5) is 14.8. The molecule has 21 heavy (non-hydrogen) atoms. The molecular weight excluding hydrogens is 286 g/mol. The van der Waals surface area contributed by atoms with Crippen molar-refractivity contribution in [1.29, 1.82) is 0 Å². The minimum absolute atomic E-state index is 0.0192. The number of rotatable bonds is 3. The Morgan fingerprint density at radius 3 is 2.57 bits per heavy atom. The summed E-state index contributed by atoms with van der Waals surface area (Å²) in [6.45, 7) is 0. The van der Waals surface area contributed by atoms with E-state index in [1.807, 2.05) is 0 Å². The monoisotopic (exact) mass is 296 g/mol. The second-order valence-electron chi connectivity index (χ2n) is 4.64. The van der Waals surface area contributed by atoms with Crippen molar-refractivity contribution in [3.05, 3.63) is 35.7 Å². The molecule has 1 aliphatic heterocycles. The summed E-state index contributed by atoms with van der Waals surface area (Å²) in [5.74, 6) is -2.44. The highest BCUT2D eigenvalue weighted by atomic mass is 19.1. The topological polar surface area (TPSA) is 85.5 Å². The van der Waals surface area contributed by atoms with E-state index < -0.39 is 29.8 Å². The summed E-state index contributed by atoms with van der Waals surface area (Å²) < 4.78 is 36.5. The van der Waals surface area contributed by atoms with Gasteiger partial charge in [-0.2, -0.15) is 4.98 Å². The van der Waals surface area contributed by atoms with E-state index in [1.54, 1.807) is 0 Å². The summed E-state index contributed by atoms with van der Waals surface area (Å²) >= 11 is 0. The first-order chi connectivity index (χ1) is 10.0. The van der Waals surface area contributed by atoms with Crippen LogP contribution in [-0.2, 0) is 9.53 Å². The highest BCUT2D eigenvalue weighted by Crippen LogP contribution is 2.32. The van der Waals surface area contributed by atoms with E-state index in [9.17, 15) is 13.6 Å². The van der Waals surface area contributed by atoms with Gasteiger partial charge >= 0.3 is 5.97 Å². The van der Waals surface area contributed by atoms with Crippen LogP contribution in [0.2, 0.25) is 0 Å². The summed E-state index contributed by atoms with van der Waals surface area (Å²) in [6, 6.07) is 2.89. The average Bonchev–Trinajstić information content (AvgIpc) is 3.07. The molecule has 0 aliphatic carbocycles. The van der Waals surface area contributed by atoms with Crippen LogP contribution < -0.4 is 0 Å². The van der Waals surface area contributed by atoms with Gasteiger partial charge in [0.05, 0.1) is 0 Å². The molecule has 1 aromatic carbocycles. The van der Waals surface area contributed by atoms with Crippen molar-refractivity contribution < 1.29 is 27.9 Å². The molecule has 1 fully saturated rings. The molecule has 110 valence electrons. The Morgan fingerprint density at radius 2 is 1.95 bits per heavy atom. The van der Waals surface area contributed by atoms with Gasteiger partial charge in [-0.1, -0.05) is 5.16 Å². The van der Waals surface area contributed by atoms with E-state index in [4.69, 9.17) is 14.4 Å². The number of hydrogen-bond acceptors (Lipinski definition) is 5. The first-order valence-corrected chi connectivity index (χ1v) is 6.21. The molecule has 1 aromatic heterocycles. The molecule has 8 heteroatoms. The van der Waals surface area contributed by atoms with Crippen LogP contribution in [0.3, 0.4) is 0 Å². The van der Waals surface area contributed by atoms with Crippen LogP contribution in [0.25, 0.3) is 11.4 Å². The normalized spacial score (nSPS) is 21.6. The maximum atomic E-state index is 13.1. The van der Waals surface area contributed by atoms with Crippen LogP contribution in [0.5, 0.6) is 0 Å². The number of carboxylic acids is 1. The van der Waals surface area contributed by atoms with E-state index in [-0.39, 0.29) is 17.3 Å². The molecule has 3 rings (SSSR count).